The van der Waals surface area contributed by atoms with Crippen molar-refractivity contribution >= 4 is 21.4 Å². The molecule has 0 amide bonds. The fourth-order valence-corrected chi connectivity index (χ4v) is 2.40. The smallest absolute Gasteiger partial charge is 0.236 e. The van der Waals surface area contributed by atoms with Crippen molar-refractivity contribution in [3.63, 3.8) is 0 Å². The van der Waals surface area contributed by atoms with Gasteiger partial charge in [0.05, 0.1) is 0 Å². The van der Waals surface area contributed by atoms with Gasteiger partial charge in [-0.05, 0) is 18.5 Å². The maximum absolute atomic E-state index is 5.65. The zero-order chi connectivity index (χ0) is 12.5. The van der Waals surface area contributed by atoms with Gasteiger partial charge in [0.2, 0.25) is 10.1 Å². The minimum Gasteiger partial charge on any atom is -0.374 e. The SMILES string of the molecule is NCCc1ccc(-c2nnc3sc(N)nn23)cc1. The van der Waals surface area contributed by atoms with Gasteiger partial charge in [-0.1, -0.05) is 35.6 Å². The molecule has 3 rings (SSSR count). The highest BCUT2D eigenvalue weighted by Crippen LogP contribution is 2.22. The molecule has 2 aromatic heterocycles. The Bertz CT molecular complexity index is 668. The van der Waals surface area contributed by atoms with Gasteiger partial charge in [0, 0.05) is 5.56 Å². The van der Waals surface area contributed by atoms with Crippen molar-refractivity contribution in [2.24, 2.45) is 5.73 Å². The molecule has 0 fully saturated rings. The lowest BCUT2D eigenvalue weighted by atomic mass is 10.1. The molecule has 1 aromatic carbocycles. The second kappa shape index (κ2) is 4.35. The molecule has 6 nitrogen and oxygen atoms in total. The van der Waals surface area contributed by atoms with Crippen LogP contribution in [0.1, 0.15) is 5.56 Å². The highest BCUT2D eigenvalue weighted by molar-refractivity contribution is 7.20. The van der Waals surface area contributed by atoms with E-state index in [9.17, 15) is 0 Å². The fraction of sp³-hybridized carbons (Fsp3) is 0.182. The van der Waals surface area contributed by atoms with Crippen molar-refractivity contribution in [1.82, 2.24) is 19.8 Å². The summed E-state index contributed by atoms with van der Waals surface area (Å²) >= 11 is 1.32. The molecule has 18 heavy (non-hydrogen) atoms. The Morgan fingerprint density at radius 1 is 1.17 bits per heavy atom. The van der Waals surface area contributed by atoms with Crippen molar-refractivity contribution in [2.45, 2.75) is 6.42 Å². The molecule has 0 unspecified atom stereocenters. The monoisotopic (exact) mass is 260 g/mol. The molecule has 7 heteroatoms. The Kier molecular flexibility index (Phi) is 2.69. The highest BCUT2D eigenvalue weighted by atomic mass is 32.1. The van der Waals surface area contributed by atoms with E-state index in [-0.39, 0.29) is 0 Å². The Hall–Kier alpha value is -1.99. The number of aromatic nitrogens is 4. The predicted octanol–water partition coefficient (Wildman–Crippen LogP) is 0.936. The van der Waals surface area contributed by atoms with Crippen LogP contribution in [0.5, 0.6) is 0 Å². The third kappa shape index (κ3) is 1.83. The highest BCUT2D eigenvalue weighted by Gasteiger charge is 2.11. The number of fused-ring (bicyclic) bond motifs is 1. The Morgan fingerprint density at radius 2 is 1.94 bits per heavy atom. The molecule has 0 radical (unpaired) electrons. The van der Waals surface area contributed by atoms with E-state index in [1.54, 1.807) is 4.52 Å². The van der Waals surface area contributed by atoms with E-state index in [0.29, 0.717) is 22.5 Å². The number of nitrogens with two attached hydrogens (primary N) is 2. The molecule has 2 heterocycles. The zero-order valence-electron chi connectivity index (χ0n) is 9.58. The molecule has 0 aliphatic rings. The number of hydrogen-bond acceptors (Lipinski definition) is 6. The van der Waals surface area contributed by atoms with E-state index < -0.39 is 0 Å². The average Bonchev–Trinajstić information content (AvgIpc) is 2.89. The van der Waals surface area contributed by atoms with Crippen LogP contribution >= 0.6 is 11.3 Å². The van der Waals surface area contributed by atoms with Gasteiger partial charge in [-0.15, -0.1) is 15.3 Å². The van der Waals surface area contributed by atoms with E-state index in [2.05, 4.69) is 15.3 Å². The first kappa shape index (κ1) is 11.1. The van der Waals surface area contributed by atoms with Gasteiger partial charge in [-0.2, -0.15) is 4.52 Å². The number of benzene rings is 1. The minimum atomic E-state index is 0.487. The van der Waals surface area contributed by atoms with Crippen molar-refractivity contribution in [3.05, 3.63) is 29.8 Å². The quantitative estimate of drug-likeness (QED) is 0.730. The summed E-state index contributed by atoms with van der Waals surface area (Å²) in [7, 11) is 0. The summed E-state index contributed by atoms with van der Waals surface area (Å²) in [6, 6.07) is 8.08. The van der Waals surface area contributed by atoms with E-state index in [4.69, 9.17) is 11.5 Å². The van der Waals surface area contributed by atoms with Gasteiger partial charge in [0.1, 0.15) is 0 Å². The topological polar surface area (TPSA) is 95.1 Å². The van der Waals surface area contributed by atoms with Crippen LogP contribution < -0.4 is 11.5 Å². The molecule has 0 saturated carbocycles. The molecule has 0 bridgehead atoms. The molecular formula is C11H12N6S. The van der Waals surface area contributed by atoms with Gasteiger partial charge >= 0.3 is 0 Å². The number of anilines is 1. The largest absolute Gasteiger partial charge is 0.374 e. The van der Waals surface area contributed by atoms with Crippen molar-refractivity contribution in [1.29, 1.82) is 0 Å². The minimum absolute atomic E-state index is 0.487. The van der Waals surface area contributed by atoms with Crippen LogP contribution in [0.25, 0.3) is 16.3 Å². The molecule has 0 aliphatic heterocycles. The van der Waals surface area contributed by atoms with Crippen LogP contribution in [0.15, 0.2) is 24.3 Å². The maximum Gasteiger partial charge on any atom is 0.236 e. The first-order valence-electron chi connectivity index (χ1n) is 5.55. The van der Waals surface area contributed by atoms with Crippen molar-refractivity contribution < 1.29 is 0 Å². The molecule has 3 aromatic rings. The number of nitrogens with zero attached hydrogens (tertiary/aromatic N) is 4. The standard InChI is InChI=1S/C11H12N6S/c12-6-5-7-1-3-8(4-2-7)9-14-15-11-17(9)16-10(13)18-11/h1-4H,5-6,12H2,(H2,13,16). The van der Waals surface area contributed by atoms with Crippen LogP contribution in [0, 0.1) is 0 Å². The summed E-state index contributed by atoms with van der Waals surface area (Å²) < 4.78 is 1.66. The van der Waals surface area contributed by atoms with Crippen LogP contribution in [-0.2, 0) is 6.42 Å². The lowest BCUT2D eigenvalue weighted by molar-refractivity contribution is 0.962. The summed E-state index contributed by atoms with van der Waals surface area (Å²) in [5, 5.41) is 12.8. The van der Waals surface area contributed by atoms with E-state index >= 15 is 0 Å². The lowest BCUT2D eigenvalue weighted by Crippen LogP contribution is -2.02. The Morgan fingerprint density at radius 3 is 2.67 bits per heavy atom. The molecule has 0 spiro atoms. The predicted molar refractivity (Wildman–Crippen MR) is 71.3 cm³/mol. The molecule has 0 saturated heterocycles. The van der Waals surface area contributed by atoms with Crippen LogP contribution in [0.3, 0.4) is 0 Å². The van der Waals surface area contributed by atoms with E-state index in [0.717, 1.165) is 12.0 Å². The number of rotatable bonds is 3. The van der Waals surface area contributed by atoms with Crippen molar-refractivity contribution in [3.8, 4) is 11.4 Å². The second-order valence-corrected chi connectivity index (χ2v) is 4.88. The summed E-state index contributed by atoms with van der Waals surface area (Å²) in [6.07, 6.45) is 0.874. The van der Waals surface area contributed by atoms with Gasteiger partial charge in [-0.3, -0.25) is 0 Å². The lowest BCUT2D eigenvalue weighted by Gasteiger charge is -2.00. The maximum atomic E-state index is 5.65. The van der Waals surface area contributed by atoms with Crippen molar-refractivity contribution in [2.75, 3.05) is 12.3 Å². The summed E-state index contributed by atoms with van der Waals surface area (Å²) in [4.78, 5) is 0.702. The normalized spacial score (nSPS) is 11.2. The molecule has 92 valence electrons. The van der Waals surface area contributed by atoms with Crippen LogP contribution in [0.4, 0.5) is 5.13 Å². The molecular weight excluding hydrogens is 248 g/mol. The molecule has 0 atom stereocenters. The third-order valence-corrected chi connectivity index (χ3v) is 3.38. The van der Waals surface area contributed by atoms with Gasteiger partial charge in [-0.25, -0.2) is 0 Å². The second-order valence-electron chi connectivity index (χ2n) is 3.89. The number of nitrogen functional groups attached to an aromatic ring is 1. The average molecular weight is 260 g/mol. The van der Waals surface area contributed by atoms with Crippen LogP contribution in [-0.4, -0.2) is 26.4 Å². The van der Waals surface area contributed by atoms with Gasteiger partial charge in [0.25, 0.3) is 0 Å². The third-order valence-electron chi connectivity index (χ3n) is 2.65. The van der Waals surface area contributed by atoms with E-state index in [1.807, 2.05) is 24.3 Å². The molecule has 4 N–H and O–H groups in total. The Labute approximate surface area is 107 Å². The first-order valence-corrected chi connectivity index (χ1v) is 6.36. The van der Waals surface area contributed by atoms with Gasteiger partial charge in [0.15, 0.2) is 5.82 Å². The zero-order valence-corrected chi connectivity index (χ0v) is 10.4. The summed E-state index contributed by atoms with van der Waals surface area (Å²) in [6.45, 7) is 0.650. The molecule has 0 aliphatic carbocycles. The first-order chi connectivity index (χ1) is 8.78. The van der Waals surface area contributed by atoms with Gasteiger partial charge < -0.3 is 11.5 Å². The van der Waals surface area contributed by atoms with E-state index in [1.165, 1.54) is 16.9 Å². The number of hydrogen-bond donors (Lipinski definition) is 2. The summed E-state index contributed by atoms with van der Waals surface area (Å²) in [5.74, 6) is 0.706. The fourth-order valence-electron chi connectivity index (χ4n) is 1.80. The summed E-state index contributed by atoms with van der Waals surface area (Å²) in [5.41, 5.74) is 13.3. The Balaban J connectivity index is 2.02. The van der Waals surface area contributed by atoms with Crippen LogP contribution in [0.2, 0.25) is 0 Å².